The van der Waals surface area contributed by atoms with E-state index in [9.17, 15) is 9.59 Å². The van der Waals surface area contributed by atoms with E-state index >= 15 is 0 Å². The third-order valence-corrected chi connectivity index (χ3v) is 5.32. The molecule has 0 bridgehead atoms. The van der Waals surface area contributed by atoms with Crippen LogP contribution in [0.5, 0.6) is 23.0 Å². The molecular weight excluding hydrogens is 438 g/mol. The van der Waals surface area contributed by atoms with Gasteiger partial charge in [-0.05, 0) is 48.5 Å². The summed E-state index contributed by atoms with van der Waals surface area (Å²) in [4.78, 5) is 26.6. The Balaban J connectivity index is 1.76. The minimum atomic E-state index is -0.477. The number of hydrogen-bond acceptors (Lipinski definition) is 7. The summed E-state index contributed by atoms with van der Waals surface area (Å²) < 4.78 is 27.0. The average Bonchev–Trinajstić information content (AvgIpc) is 3.25. The van der Waals surface area contributed by atoms with Gasteiger partial charge in [-0.1, -0.05) is 12.1 Å². The van der Waals surface area contributed by atoms with Crippen molar-refractivity contribution in [2.75, 3.05) is 33.8 Å². The molecule has 8 nitrogen and oxygen atoms in total. The first-order chi connectivity index (χ1) is 16.5. The normalized spacial score (nSPS) is 10.6. The van der Waals surface area contributed by atoms with Crippen molar-refractivity contribution in [2.45, 2.75) is 0 Å². The number of hydrogen-bond donors (Lipinski definition) is 1. The number of rotatable bonds is 8. The molecule has 0 aliphatic carbocycles. The number of carbonyl (C=O) groups is 2. The van der Waals surface area contributed by atoms with E-state index in [0.717, 1.165) is 0 Å². The molecule has 0 aliphatic rings. The zero-order valence-electron chi connectivity index (χ0n) is 19.1. The lowest BCUT2D eigenvalue weighted by molar-refractivity contribution is 0.101. The van der Waals surface area contributed by atoms with Crippen molar-refractivity contribution in [2.24, 2.45) is 0 Å². The minimum absolute atomic E-state index is 0.0205. The Labute approximate surface area is 196 Å². The SMILES string of the molecule is COc1ccc(C(=O)c2oc3ccccc3c2NC(=O)c2cc(OC)c(OC)c(OC)c2)cc1. The second kappa shape index (κ2) is 9.58. The van der Waals surface area contributed by atoms with Crippen molar-refractivity contribution in [3.63, 3.8) is 0 Å². The molecule has 1 aromatic heterocycles. The van der Waals surface area contributed by atoms with Gasteiger partial charge >= 0.3 is 0 Å². The second-order valence-electron chi connectivity index (χ2n) is 7.23. The van der Waals surface area contributed by atoms with Crippen LogP contribution in [0.1, 0.15) is 26.5 Å². The maximum Gasteiger partial charge on any atom is 0.256 e. The van der Waals surface area contributed by atoms with Gasteiger partial charge in [0.25, 0.3) is 5.91 Å². The number of fused-ring (bicyclic) bond motifs is 1. The molecule has 0 saturated heterocycles. The van der Waals surface area contributed by atoms with Gasteiger partial charge in [-0.15, -0.1) is 0 Å². The number of amides is 1. The Morgan fingerprint density at radius 2 is 1.41 bits per heavy atom. The number of ketones is 1. The van der Waals surface area contributed by atoms with Crippen LogP contribution in [0, 0.1) is 0 Å². The quantitative estimate of drug-likeness (QED) is 0.371. The highest BCUT2D eigenvalue weighted by molar-refractivity contribution is 6.19. The lowest BCUT2D eigenvalue weighted by atomic mass is 10.1. The molecule has 0 saturated carbocycles. The van der Waals surface area contributed by atoms with Gasteiger partial charge in [-0.2, -0.15) is 0 Å². The highest BCUT2D eigenvalue weighted by Gasteiger charge is 2.25. The van der Waals surface area contributed by atoms with E-state index in [-0.39, 0.29) is 22.8 Å². The summed E-state index contributed by atoms with van der Waals surface area (Å²) >= 11 is 0. The molecule has 1 amide bonds. The van der Waals surface area contributed by atoms with Crippen molar-refractivity contribution in [3.05, 3.63) is 77.6 Å². The number of benzene rings is 3. The first-order valence-electron chi connectivity index (χ1n) is 10.3. The number of ether oxygens (including phenoxy) is 4. The number of carbonyl (C=O) groups excluding carboxylic acids is 2. The topological polar surface area (TPSA) is 96.2 Å². The molecule has 0 aliphatic heterocycles. The van der Waals surface area contributed by atoms with E-state index in [1.165, 1.54) is 33.5 Å². The van der Waals surface area contributed by atoms with Gasteiger partial charge in [-0.25, -0.2) is 0 Å². The van der Waals surface area contributed by atoms with Crippen molar-refractivity contribution in [1.82, 2.24) is 0 Å². The summed E-state index contributed by atoms with van der Waals surface area (Å²) in [7, 11) is 5.96. The van der Waals surface area contributed by atoms with E-state index in [2.05, 4.69) is 5.32 Å². The van der Waals surface area contributed by atoms with Gasteiger partial charge in [0.1, 0.15) is 11.3 Å². The van der Waals surface area contributed by atoms with Crippen LogP contribution < -0.4 is 24.3 Å². The Morgan fingerprint density at radius 3 is 2.00 bits per heavy atom. The third kappa shape index (κ3) is 4.13. The molecule has 34 heavy (non-hydrogen) atoms. The third-order valence-electron chi connectivity index (χ3n) is 5.32. The average molecular weight is 461 g/mol. The van der Waals surface area contributed by atoms with Crippen LogP contribution in [-0.2, 0) is 0 Å². The molecule has 0 unspecified atom stereocenters. The Kier molecular flexibility index (Phi) is 6.40. The lowest BCUT2D eigenvalue weighted by Crippen LogP contribution is -2.15. The molecule has 4 rings (SSSR count). The zero-order chi connectivity index (χ0) is 24.2. The fraction of sp³-hybridized carbons (Fsp3) is 0.154. The van der Waals surface area contributed by atoms with Crippen LogP contribution >= 0.6 is 0 Å². The van der Waals surface area contributed by atoms with E-state index in [4.69, 9.17) is 23.4 Å². The lowest BCUT2D eigenvalue weighted by Gasteiger charge is -2.14. The summed E-state index contributed by atoms with van der Waals surface area (Å²) in [6.07, 6.45) is 0. The first kappa shape index (κ1) is 22.7. The summed E-state index contributed by atoms with van der Waals surface area (Å²) in [5, 5.41) is 3.43. The number of furan rings is 1. The Morgan fingerprint density at radius 1 is 0.765 bits per heavy atom. The van der Waals surface area contributed by atoms with Crippen LogP contribution in [0.2, 0.25) is 0 Å². The van der Waals surface area contributed by atoms with Gasteiger partial charge in [0, 0.05) is 16.5 Å². The van der Waals surface area contributed by atoms with E-state index in [1.54, 1.807) is 55.6 Å². The molecule has 174 valence electrons. The fourth-order valence-electron chi connectivity index (χ4n) is 3.60. The first-order valence-corrected chi connectivity index (χ1v) is 10.3. The highest BCUT2D eigenvalue weighted by atomic mass is 16.5. The molecule has 0 radical (unpaired) electrons. The number of nitrogens with one attached hydrogen (secondary N) is 1. The predicted molar refractivity (Wildman–Crippen MR) is 127 cm³/mol. The molecule has 1 heterocycles. The van der Waals surface area contributed by atoms with Crippen molar-refractivity contribution in [1.29, 1.82) is 0 Å². The molecule has 0 atom stereocenters. The largest absolute Gasteiger partial charge is 0.497 e. The van der Waals surface area contributed by atoms with Crippen molar-refractivity contribution in [3.8, 4) is 23.0 Å². The van der Waals surface area contributed by atoms with Crippen LogP contribution in [0.25, 0.3) is 11.0 Å². The second-order valence-corrected chi connectivity index (χ2v) is 7.23. The maximum absolute atomic E-state index is 13.3. The summed E-state index contributed by atoms with van der Waals surface area (Å²) in [5.41, 5.74) is 1.39. The molecule has 3 aromatic carbocycles. The van der Waals surface area contributed by atoms with Crippen LogP contribution in [0.4, 0.5) is 5.69 Å². The maximum atomic E-state index is 13.3. The van der Waals surface area contributed by atoms with Crippen molar-refractivity contribution >= 4 is 28.3 Å². The van der Waals surface area contributed by atoms with Gasteiger partial charge in [0.2, 0.25) is 11.5 Å². The van der Waals surface area contributed by atoms with Gasteiger partial charge < -0.3 is 28.7 Å². The summed E-state index contributed by atoms with van der Waals surface area (Å²) in [5.74, 6) is 0.820. The smallest absolute Gasteiger partial charge is 0.256 e. The summed E-state index contributed by atoms with van der Waals surface area (Å²) in [6.45, 7) is 0. The molecule has 1 N–H and O–H groups in total. The van der Waals surface area contributed by atoms with E-state index < -0.39 is 5.91 Å². The van der Waals surface area contributed by atoms with Gasteiger partial charge in [0.05, 0.1) is 34.1 Å². The minimum Gasteiger partial charge on any atom is -0.497 e. The van der Waals surface area contributed by atoms with Crippen LogP contribution in [0.15, 0.2) is 65.1 Å². The fourth-order valence-corrected chi connectivity index (χ4v) is 3.60. The monoisotopic (exact) mass is 461 g/mol. The van der Waals surface area contributed by atoms with Crippen LogP contribution in [0.3, 0.4) is 0 Å². The standard InChI is InChI=1S/C26H23NO7/c1-30-17-11-9-15(10-12-17)23(28)25-22(18-7-5-6-8-19(18)34-25)27-26(29)16-13-20(31-2)24(33-4)21(14-16)32-3/h5-14H,1-4H3,(H,27,29). The molecule has 4 aromatic rings. The Hall–Kier alpha value is -4.46. The molecule has 0 spiro atoms. The molecule has 0 fully saturated rings. The number of para-hydroxylation sites is 1. The zero-order valence-corrected chi connectivity index (χ0v) is 19.1. The van der Waals surface area contributed by atoms with Gasteiger partial charge in [-0.3, -0.25) is 9.59 Å². The highest BCUT2D eigenvalue weighted by Crippen LogP contribution is 2.39. The molecule has 8 heteroatoms. The predicted octanol–water partition coefficient (Wildman–Crippen LogP) is 4.95. The number of anilines is 1. The Bertz CT molecular complexity index is 1330. The van der Waals surface area contributed by atoms with E-state index in [0.29, 0.717) is 39.5 Å². The van der Waals surface area contributed by atoms with Crippen molar-refractivity contribution < 1.29 is 33.0 Å². The van der Waals surface area contributed by atoms with E-state index in [1.807, 2.05) is 0 Å². The van der Waals surface area contributed by atoms with Crippen LogP contribution in [-0.4, -0.2) is 40.1 Å². The number of methoxy groups -OCH3 is 4. The summed E-state index contributed by atoms with van der Waals surface area (Å²) in [6, 6.07) is 16.8. The molecular formula is C26H23NO7. The van der Waals surface area contributed by atoms with Gasteiger partial charge in [0.15, 0.2) is 17.3 Å².